The molecule has 0 bridgehead atoms. The number of benzene rings is 2. The zero-order chi connectivity index (χ0) is 25.5. The number of aliphatic hydroxyl groups is 1. The number of carbonyl (C=O) groups excluding carboxylic acids is 2. The van der Waals surface area contributed by atoms with Crippen molar-refractivity contribution in [3.63, 3.8) is 0 Å². The minimum atomic E-state index is -0.818. The Morgan fingerprint density at radius 1 is 1.06 bits per heavy atom. The van der Waals surface area contributed by atoms with E-state index in [-0.39, 0.29) is 16.9 Å². The lowest BCUT2D eigenvalue weighted by molar-refractivity contribution is -0.140. The Kier molecular flexibility index (Phi) is 8.87. The maximum Gasteiger partial charge on any atom is 0.295 e. The molecule has 0 spiro atoms. The molecule has 0 radical (unpaired) electrons. The summed E-state index contributed by atoms with van der Waals surface area (Å²) < 4.78 is 24.6. The topological polar surface area (TPSA) is 79.3 Å². The molecule has 8 heteroatoms. The number of aliphatic hydroxyl groups excluding tert-OH is 1. The first-order valence-corrected chi connectivity index (χ1v) is 11.9. The number of hydrogen-bond acceptors (Lipinski definition) is 6. The van der Waals surface area contributed by atoms with Crippen LogP contribution in [0.2, 0.25) is 0 Å². The summed E-state index contributed by atoms with van der Waals surface area (Å²) >= 11 is 0. The molecule has 1 N–H and O–H groups in total. The van der Waals surface area contributed by atoms with Crippen LogP contribution in [0.5, 0.6) is 11.5 Å². The summed E-state index contributed by atoms with van der Waals surface area (Å²) in [7, 11) is 1.52. The standard InChI is InChI=1S/C27H33FN2O5/c1-5-29(6-2)15-8-16-30-24(19-11-14-21(35-7-3)22(17-19)34-4)23(26(32)27(30)33)25(31)18-9-12-20(28)13-10-18/h9-14,17,24,31H,5-8,15-16H2,1-4H3/t24-/m1/s1. The van der Waals surface area contributed by atoms with E-state index < -0.39 is 23.5 Å². The van der Waals surface area contributed by atoms with E-state index in [2.05, 4.69) is 18.7 Å². The molecular formula is C27H33FN2O5. The fourth-order valence-corrected chi connectivity index (χ4v) is 4.35. The van der Waals surface area contributed by atoms with Crippen LogP contribution in [0.4, 0.5) is 4.39 Å². The van der Waals surface area contributed by atoms with Crippen LogP contribution in [0.15, 0.2) is 48.0 Å². The van der Waals surface area contributed by atoms with Gasteiger partial charge < -0.3 is 24.4 Å². The Labute approximate surface area is 205 Å². The lowest BCUT2D eigenvalue weighted by Gasteiger charge is -2.27. The van der Waals surface area contributed by atoms with E-state index in [1.165, 1.54) is 36.3 Å². The fourth-order valence-electron chi connectivity index (χ4n) is 4.35. The molecule has 0 aliphatic carbocycles. The molecule has 188 valence electrons. The van der Waals surface area contributed by atoms with Crippen molar-refractivity contribution in [3.05, 3.63) is 65.0 Å². The van der Waals surface area contributed by atoms with Crippen molar-refractivity contribution in [2.45, 2.75) is 33.2 Å². The first-order chi connectivity index (χ1) is 16.9. The van der Waals surface area contributed by atoms with E-state index in [0.717, 1.165) is 19.6 Å². The maximum absolute atomic E-state index is 13.5. The number of halogens is 1. The number of carbonyl (C=O) groups is 2. The van der Waals surface area contributed by atoms with Gasteiger partial charge in [0.2, 0.25) is 0 Å². The molecule has 2 aromatic carbocycles. The lowest BCUT2D eigenvalue weighted by atomic mass is 9.95. The van der Waals surface area contributed by atoms with Gasteiger partial charge in [0.15, 0.2) is 11.5 Å². The van der Waals surface area contributed by atoms with E-state index in [4.69, 9.17) is 9.47 Å². The van der Waals surface area contributed by atoms with Crippen LogP contribution in [-0.4, -0.2) is 66.5 Å². The number of rotatable bonds is 11. The van der Waals surface area contributed by atoms with Gasteiger partial charge in [0.1, 0.15) is 11.6 Å². The summed E-state index contributed by atoms with van der Waals surface area (Å²) in [6.45, 7) is 9.34. The van der Waals surface area contributed by atoms with Crippen LogP contribution in [-0.2, 0) is 9.59 Å². The van der Waals surface area contributed by atoms with Gasteiger partial charge in [0, 0.05) is 12.1 Å². The molecule has 7 nitrogen and oxygen atoms in total. The van der Waals surface area contributed by atoms with Crippen LogP contribution in [0.1, 0.15) is 44.4 Å². The van der Waals surface area contributed by atoms with E-state index in [1.807, 2.05) is 6.92 Å². The number of likely N-dealkylation sites (tertiary alicyclic amines) is 1. The number of hydrogen-bond donors (Lipinski definition) is 1. The van der Waals surface area contributed by atoms with Crippen molar-refractivity contribution in [2.24, 2.45) is 0 Å². The molecule has 35 heavy (non-hydrogen) atoms. The Morgan fingerprint density at radius 3 is 2.34 bits per heavy atom. The smallest absolute Gasteiger partial charge is 0.295 e. The molecule has 1 amide bonds. The highest BCUT2D eigenvalue weighted by Gasteiger charge is 2.46. The Hall–Kier alpha value is -3.39. The van der Waals surface area contributed by atoms with Crippen molar-refractivity contribution in [1.29, 1.82) is 0 Å². The number of ether oxygens (including phenoxy) is 2. The molecule has 0 saturated carbocycles. The van der Waals surface area contributed by atoms with Crippen LogP contribution in [0.25, 0.3) is 5.76 Å². The highest BCUT2D eigenvalue weighted by Crippen LogP contribution is 2.42. The molecule has 0 unspecified atom stereocenters. The molecule has 3 rings (SSSR count). The van der Waals surface area contributed by atoms with Crippen molar-refractivity contribution in [2.75, 3.05) is 39.9 Å². The van der Waals surface area contributed by atoms with Gasteiger partial charge in [-0.1, -0.05) is 19.9 Å². The maximum atomic E-state index is 13.5. The van der Waals surface area contributed by atoms with Gasteiger partial charge in [0.05, 0.1) is 25.3 Å². The number of amides is 1. The average molecular weight is 485 g/mol. The largest absolute Gasteiger partial charge is 0.507 e. The zero-order valence-corrected chi connectivity index (χ0v) is 20.7. The van der Waals surface area contributed by atoms with Crippen molar-refractivity contribution in [1.82, 2.24) is 9.80 Å². The third-order valence-corrected chi connectivity index (χ3v) is 6.23. The predicted molar refractivity (Wildman–Crippen MR) is 132 cm³/mol. The first-order valence-electron chi connectivity index (χ1n) is 11.9. The molecule has 1 atom stereocenters. The molecule has 1 saturated heterocycles. The highest BCUT2D eigenvalue weighted by molar-refractivity contribution is 6.46. The lowest BCUT2D eigenvalue weighted by Crippen LogP contribution is -2.33. The molecule has 2 aromatic rings. The van der Waals surface area contributed by atoms with Gasteiger partial charge in [-0.2, -0.15) is 0 Å². The normalized spacial score (nSPS) is 17.3. The van der Waals surface area contributed by atoms with Crippen LogP contribution >= 0.6 is 0 Å². The van der Waals surface area contributed by atoms with E-state index >= 15 is 0 Å². The second kappa shape index (κ2) is 11.8. The van der Waals surface area contributed by atoms with Gasteiger partial charge in [-0.15, -0.1) is 0 Å². The van der Waals surface area contributed by atoms with Gasteiger partial charge in [-0.25, -0.2) is 4.39 Å². The predicted octanol–water partition coefficient (Wildman–Crippen LogP) is 4.39. The van der Waals surface area contributed by atoms with Crippen LogP contribution in [0, 0.1) is 5.82 Å². The summed E-state index contributed by atoms with van der Waals surface area (Å²) in [6.07, 6.45) is 0.663. The second-order valence-electron chi connectivity index (χ2n) is 8.22. The average Bonchev–Trinajstić information content (AvgIpc) is 3.12. The molecule has 1 aliphatic heterocycles. The molecule has 0 aromatic heterocycles. The third kappa shape index (κ3) is 5.65. The zero-order valence-electron chi connectivity index (χ0n) is 20.7. The van der Waals surface area contributed by atoms with Crippen LogP contribution < -0.4 is 9.47 Å². The van der Waals surface area contributed by atoms with Gasteiger partial charge in [-0.3, -0.25) is 9.59 Å². The summed E-state index contributed by atoms with van der Waals surface area (Å²) in [6, 6.07) is 9.56. The number of nitrogens with zero attached hydrogens (tertiary/aromatic N) is 2. The number of methoxy groups -OCH3 is 1. The minimum absolute atomic E-state index is 0.0318. The van der Waals surface area contributed by atoms with Crippen LogP contribution in [0.3, 0.4) is 0 Å². The Bertz CT molecular complexity index is 1080. The van der Waals surface area contributed by atoms with Gasteiger partial charge in [0.25, 0.3) is 11.7 Å². The summed E-state index contributed by atoms with van der Waals surface area (Å²) in [5, 5.41) is 11.1. The highest BCUT2D eigenvalue weighted by atomic mass is 19.1. The SMILES string of the molecule is CCOc1ccc([C@@H]2C(=C(O)c3ccc(F)cc3)C(=O)C(=O)N2CCCN(CC)CC)cc1OC. The molecule has 1 aliphatic rings. The van der Waals surface area contributed by atoms with Gasteiger partial charge in [-0.05, 0) is 74.9 Å². The third-order valence-electron chi connectivity index (χ3n) is 6.23. The monoisotopic (exact) mass is 484 g/mol. The summed E-state index contributed by atoms with van der Waals surface area (Å²) in [5.41, 5.74) is 0.835. The van der Waals surface area contributed by atoms with Crippen molar-refractivity contribution >= 4 is 17.4 Å². The second-order valence-corrected chi connectivity index (χ2v) is 8.22. The Morgan fingerprint density at radius 2 is 1.74 bits per heavy atom. The first kappa shape index (κ1) is 26.2. The summed E-state index contributed by atoms with van der Waals surface area (Å²) in [4.78, 5) is 30.0. The molecular weight excluding hydrogens is 451 g/mol. The van der Waals surface area contributed by atoms with Crippen molar-refractivity contribution < 1.29 is 28.6 Å². The Balaban J connectivity index is 2.08. The van der Waals surface area contributed by atoms with E-state index in [9.17, 15) is 19.1 Å². The minimum Gasteiger partial charge on any atom is -0.507 e. The molecule has 1 heterocycles. The fraction of sp³-hybridized carbons (Fsp3) is 0.407. The van der Waals surface area contributed by atoms with Gasteiger partial charge >= 0.3 is 0 Å². The van der Waals surface area contributed by atoms with E-state index in [1.54, 1.807) is 18.2 Å². The van der Waals surface area contributed by atoms with Crippen molar-refractivity contribution in [3.8, 4) is 11.5 Å². The number of ketones is 1. The summed E-state index contributed by atoms with van der Waals surface area (Å²) in [5.74, 6) is -1.26. The molecule has 1 fully saturated rings. The quantitative estimate of drug-likeness (QED) is 0.290. The number of Topliss-reactive ketones (excluding diaryl/α,β-unsaturated/α-hetero) is 1. The van der Waals surface area contributed by atoms with E-state index in [0.29, 0.717) is 36.6 Å².